The van der Waals surface area contributed by atoms with Crippen molar-refractivity contribution in [2.24, 2.45) is 0 Å². The van der Waals surface area contributed by atoms with E-state index in [1.807, 2.05) is 66.7 Å². The summed E-state index contributed by atoms with van der Waals surface area (Å²) in [7, 11) is 3.32. The number of benzene rings is 3. The van der Waals surface area contributed by atoms with E-state index < -0.39 is 11.7 Å². The van der Waals surface area contributed by atoms with E-state index in [0.29, 0.717) is 13.2 Å². The molecule has 0 saturated heterocycles. The molecule has 3 aromatic carbocycles. The van der Waals surface area contributed by atoms with Crippen molar-refractivity contribution in [3.05, 3.63) is 95.6 Å². The normalized spacial score (nSPS) is 12.1. The maximum Gasteiger partial charge on any atom is 0.143 e. The van der Waals surface area contributed by atoms with Crippen molar-refractivity contribution in [2.45, 2.75) is 31.5 Å². The summed E-state index contributed by atoms with van der Waals surface area (Å²) in [5.74, 6) is 1.58. The lowest BCUT2D eigenvalue weighted by Crippen LogP contribution is -2.33. The van der Waals surface area contributed by atoms with Crippen LogP contribution in [0.2, 0.25) is 0 Å². The lowest BCUT2D eigenvalue weighted by molar-refractivity contribution is 0.00622. The molecule has 3 rings (SSSR count). The van der Waals surface area contributed by atoms with Gasteiger partial charge in [0, 0.05) is 13.2 Å². The van der Waals surface area contributed by atoms with Gasteiger partial charge >= 0.3 is 0 Å². The molecule has 0 spiro atoms. The van der Waals surface area contributed by atoms with Crippen LogP contribution < -0.4 is 9.47 Å². The molecule has 0 amide bonds. The summed E-state index contributed by atoms with van der Waals surface area (Å²) in [6.45, 7) is 2.81. The third-order valence-corrected chi connectivity index (χ3v) is 5.58. The first kappa shape index (κ1) is 24.3. The van der Waals surface area contributed by atoms with Gasteiger partial charge in [-0.25, -0.2) is 0 Å². The fourth-order valence-corrected chi connectivity index (χ4v) is 3.80. The first-order valence-corrected chi connectivity index (χ1v) is 11.1. The zero-order valence-corrected chi connectivity index (χ0v) is 19.5. The van der Waals surface area contributed by atoms with Gasteiger partial charge in [0.05, 0.1) is 20.3 Å². The molecule has 0 aromatic heterocycles. The van der Waals surface area contributed by atoms with Gasteiger partial charge in [0.15, 0.2) is 0 Å². The minimum atomic E-state index is -0.805. The smallest absolute Gasteiger partial charge is 0.143 e. The van der Waals surface area contributed by atoms with Crippen molar-refractivity contribution in [1.82, 2.24) is 0 Å². The summed E-state index contributed by atoms with van der Waals surface area (Å²) in [5.41, 5.74) is 2.25. The van der Waals surface area contributed by atoms with Gasteiger partial charge in [-0.15, -0.1) is 0 Å². The van der Waals surface area contributed by atoms with Crippen LogP contribution in [-0.4, -0.2) is 33.5 Å². The number of hydrogen-bond donors (Lipinski definition) is 0. The highest BCUT2D eigenvalue weighted by Crippen LogP contribution is 2.41. The van der Waals surface area contributed by atoms with Crippen molar-refractivity contribution < 1.29 is 18.9 Å². The van der Waals surface area contributed by atoms with E-state index in [-0.39, 0.29) is 0 Å². The van der Waals surface area contributed by atoms with Crippen molar-refractivity contribution in [3.8, 4) is 17.6 Å². The molecule has 172 valence electrons. The molecule has 5 nitrogen and oxygen atoms in total. The van der Waals surface area contributed by atoms with E-state index in [9.17, 15) is 0 Å². The highest BCUT2D eigenvalue weighted by molar-refractivity contribution is 5.49. The number of rotatable bonds is 12. The molecule has 3 aromatic rings. The van der Waals surface area contributed by atoms with Crippen LogP contribution in [0.1, 0.15) is 36.5 Å². The van der Waals surface area contributed by atoms with Crippen LogP contribution in [-0.2, 0) is 15.1 Å². The van der Waals surface area contributed by atoms with E-state index >= 15 is 0 Å². The summed E-state index contributed by atoms with van der Waals surface area (Å²) in [5, 5.41) is 8.88. The van der Waals surface area contributed by atoms with Gasteiger partial charge in [0.1, 0.15) is 23.2 Å². The number of methoxy groups -OCH3 is 2. The Morgan fingerprint density at radius 3 is 1.70 bits per heavy atom. The lowest BCUT2D eigenvalue weighted by atomic mass is 9.80. The molecule has 0 aliphatic carbocycles. The molecule has 33 heavy (non-hydrogen) atoms. The lowest BCUT2D eigenvalue weighted by Gasteiger charge is -2.36. The van der Waals surface area contributed by atoms with Gasteiger partial charge in [0.2, 0.25) is 0 Å². The SMILES string of the molecule is COc1ccc(C(OCCCCOC(C)C#N)(c2ccccc2)c2ccc(OC)cc2)cc1. The molecular weight excluding hydrogens is 414 g/mol. The molecule has 5 heteroatoms. The van der Waals surface area contributed by atoms with E-state index in [4.69, 9.17) is 24.2 Å². The summed E-state index contributed by atoms with van der Waals surface area (Å²) in [4.78, 5) is 0. The van der Waals surface area contributed by atoms with Crippen LogP contribution in [0.5, 0.6) is 11.5 Å². The predicted octanol–water partition coefficient (Wildman–Crippen LogP) is 5.72. The van der Waals surface area contributed by atoms with Crippen LogP contribution in [0.3, 0.4) is 0 Å². The molecule has 0 saturated carbocycles. The van der Waals surface area contributed by atoms with Crippen LogP contribution in [0.25, 0.3) is 0 Å². The third-order valence-electron chi connectivity index (χ3n) is 5.58. The molecule has 1 atom stereocenters. The maximum absolute atomic E-state index is 8.88. The third kappa shape index (κ3) is 5.92. The summed E-state index contributed by atoms with van der Waals surface area (Å²) < 4.78 is 23.0. The zero-order chi connectivity index (χ0) is 23.5. The monoisotopic (exact) mass is 445 g/mol. The Balaban J connectivity index is 1.97. The number of hydrogen-bond acceptors (Lipinski definition) is 5. The van der Waals surface area contributed by atoms with Crippen LogP contribution >= 0.6 is 0 Å². The van der Waals surface area contributed by atoms with Crippen molar-refractivity contribution in [1.29, 1.82) is 5.26 Å². The second-order valence-corrected chi connectivity index (χ2v) is 7.70. The molecule has 0 aliphatic rings. The predicted molar refractivity (Wildman–Crippen MR) is 129 cm³/mol. The van der Waals surface area contributed by atoms with Gasteiger partial charge in [-0.1, -0.05) is 54.6 Å². The number of nitriles is 1. The molecule has 0 radical (unpaired) electrons. The highest BCUT2D eigenvalue weighted by atomic mass is 16.5. The van der Waals surface area contributed by atoms with Gasteiger partial charge in [-0.05, 0) is 60.7 Å². The first-order valence-electron chi connectivity index (χ1n) is 11.1. The average Bonchev–Trinajstić information content (AvgIpc) is 2.89. The Morgan fingerprint density at radius 2 is 1.21 bits per heavy atom. The van der Waals surface area contributed by atoms with Gasteiger partial charge in [-0.3, -0.25) is 0 Å². The van der Waals surface area contributed by atoms with Gasteiger partial charge in [-0.2, -0.15) is 5.26 Å². The van der Waals surface area contributed by atoms with Crippen molar-refractivity contribution in [2.75, 3.05) is 27.4 Å². The number of unbranched alkanes of at least 4 members (excludes halogenated alkanes) is 1. The molecule has 1 unspecified atom stereocenters. The fourth-order valence-electron chi connectivity index (χ4n) is 3.80. The summed E-state index contributed by atoms with van der Waals surface area (Å²) in [6.07, 6.45) is 1.22. The van der Waals surface area contributed by atoms with Crippen molar-refractivity contribution in [3.63, 3.8) is 0 Å². The maximum atomic E-state index is 8.88. The second-order valence-electron chi connectivity index (χ2n) is 7.70. The van der Waals surface area contributed by atoms with E-state index in [0.717, 1.165) is 41.0 Å². The Hall–Kier alpha value is -3.33. The number of nitrogens with zero attached hydrogens (tertiary/aromatic N) is 1. The molecule has 0 N–H and O–H groups in total. The molecule has 0 bridgehead atoms. The highest BCUT2D eigenvalue weighted by Gasteiger charge is 2.37. The van der Waals surface area contributed by atoms with Gasteiger partial charge < -0.3 is 18.9 Å². The molecular formula is C28H31NO4. The van der Waals surface area contributed by atoms with Gasteiger partial charge in [0.25, 0.3) is 0 Å². The molecule has 0 heterocycles. The summed E-state index contributed by atoms with van der Waals surface area (Å²) >= 11 is 0. The Bertz CT molecular complexity index is 963. The zero-order valence-electron chi connectivity index (χ0n) is 19.5. The summed E-state index contributed by atoms with van der Waals surface area (Å²) in [6, 6.07) is 28.3. The van der Waals surface area contributed by atoms with Crippen molar-refractivity contribution >= 4 is 0 Å². The Labute approximate surface area is 196 Å². The largest absolute Gasteiger partial charge is 0.497 e. The van der Waals surface area contributed by atoms with Crippen LogP contribution in [0.15, 0.2) is 78.9 Å². The van der Waals surface area contributed by atoms with Crippen LogP contribution in [0.4, 0.5) is 0 Å². The minimum Gasteiger partial charge on any atom is -0.497 e. The Kier molecular flexibility index (Phi) is 8.88. The number of ether oxygens (including phenoxy) is 4. The minimum absolute atomic E-state index is 0.395. The molecule has 0 fully saturated rings. The standard InChI is InChI=1S/C28H31NO4/c1-22(21-29)32-19-7-8-20-33-28(23-9-5-4-6-10-23,24-11-15-26(30-2)16-12-24)25-13-17-27(31-3)18-14-25/h4-6,9-18,22H,7-8,19-20H2,1-3H3. The average molecular weight is 446 g/mol. The topological polar surface area (TPSA) is 60.7 Å². The quantitative estimate of drug-likeness (QED) is 0.264. The molecule has 0 aliphatic heterocycles. The van der Waals surface area contributed by atoms with E-state index in [1.54, 1.807) is 21.1 Å². The fraction of sp³-hybridized carbons (Fsp3) is 0.321. The second kappa shape index (κ2) is 12.1. The Morgan fingerprint density at radius 1 is 0.727 bits per heavy atom. The van der Waals surface area contributed by atoms with E-state index in [2.05, 4.69) is 18.2 Å². The van der Waals surface area contributed by atoms with E-state index in [1.165, 1.54) is 0 Å². The van der Waals surface area contributed by atoms with Crippen LogP contribution in [0, 0.1) is 11.3 Å². The first-order chi connectivity index (χ1) is 16.1.